The molecule has 0 aliphatic rings. The molecule has 0 unspecified atom stereocenters. The fourth-order valence-corrected chi connectivity index (χ4v) is 3.15. The molecule has 5 nitrogen and oxygen atoms in total. The number of hydrogen-bond acceptors (Lipinski definition) is 3. The van der Waals surface area contributed by atoms with Crippen molar-refractivity contribution in [3.63, 3.8) is 0 Å². The number of ether oxygens (including phenoxy) is 1. The third-order valence-corrected chi connectivity index (χ3v) is 4.37. The topological polar surface area (TPSA) is 56.1 Å². The Labute approximate surface area is 154 Å². The monoisotopic (exact) mass is 351 g/mol. The normalized spacial score (nSPS) is 11.0. The summed E-state index contributed by atoms with van der Waals surface area (Å²) in [6.45, 7) is 1.56. The van der Waals surface area contributed by atoms with E-state index in [0.717, 1.165) is 36.2 Å². The molecule has 5 heteroatoms. The summed E-state index contributed by atoms with van der Waals surface area (Å²) in [7, 11) is 1.52. The van der Waals surface area contributed by atoms with E-state index in [1.165, 1.54) is 12.7 Å². The number of nitrogens with one attached hydrogen (secondary N) is 1. The molecule has 1 heterocycles. The Bertz CT molecular complexity index is 843. The lowest BCUT2D eigenvalue weighted by molar-refractivity contribution is -0.124. The van der Waals surface area contributed by atoms with Gasteiger partial charge in [0.15, 0.2) is 0 Å². The maximum atomic E-state index is 11.6. The summed E-state index contributed by atoms with van der Waals surface area (Å²) in [5.74, 6) is 0.913. The average molecular weight is 351 g/mol. The lowest BCUT2D eigenvalue weighted by Crippen LogP contribution is -2.29. The van der Waals surface area contributed by atoms with Crippen molar-refractivity contribution in [3.8, 4) is 0 Å². The fraction of sp³-hybridized carbons (Fsp3) is 0.333. The number of imidazole rings is 1. The zero-order valence-corrected chi connectivity index (χ0v) is 15.1. The number of aromatic nitrogens is 2. The molecule has 3 aromatic rings. The number of methoxy groups -OCH3 is 1. The Hall–Kier alpha value is -2.66. The van der Waals surface area contributed by atoms with Gasteiger partial charge < -0.3 is 14.6 Å². The summed E-state index contributed by atoms with van der Waals surface area (Å²) in [6, 6.07) is 18.7. The van der Waals surface area contributed by atoms with Gasteiger partial charge in [-0.1, -0.05) is 42.5 Å². The van der Waals surface area contributed by atoms with Crippen molar-refractivity contribution in [1.29, 1.82) is 0 Å². The maximum absolute atomic E-state index is 11.6. The minimum Gasteiger partial charge on any atom is -0.375 e. The van der Waals surface area contributed by atoms with E-state index in [4.69, 9.17) is 9.72 Å². The van der Waals surface area contributed by atoms with E-state index in [9.17, 15) is 4.79 Å². The van der Waals surface area contributed by atoms with Crippen LogP contribution in [0, 0.1) is 0 Å². The molecule has 1 amide bonds. The van der Waals surface area contributed by atoms with Gasteiger partial charge in [-0.3, -0.25) is 4.79 Å². The van der Waals surface area contributed by atoms with Crippen LogP contribution in [-0.2, 0) is 28.9 Å². The van der Waals surface area contributed by atoms with Crippen LogP contribution in [0.4, 0.5) is 0 Å². The number of fused-ring (bicyclic) bond motifs is 1. The van der Waals surface area contributed by atoms with Crippen LogP contribution >= 0.6 is 0 Å². The first-order valence-corrected chi connectivity index (χ1v) is 9.01. The van der Waals surface area contributed by atoms with E-state index in [0.29, 0.717) is 13.0 Å². The fourth-order valence-electron chi connectivity index (χ4n) is 3.15. The zero-order valence-electron chi connectivity index (χ0n) is 15.1. The molecule has 0 saturated heterocycles. The lowest BCUT2D eigenvalue weighted by atomic mass is 10.1. The molecule has 0 aliphatic heterocycles. The van der Waals surface area contributed by atoms with E-state index in [-0.39, 0.29) is 12.5 Å². The molecule has 0 spiro atoms. The number of aryl methyl sites for hydroxylation is 2. The largest absolute Gasteiger partial charge is 0.375 e. The van der Waals surface area contributed by atoms with Crippen LogP contribution in [0.5, 0.6) is 0 Å². The Morgan fingerprint density at radius 2 is 1.85 bits per heavy atom. The van der Waals surface area contributed by atoms with E-state index >= 15 is 0 Å². The molecule has 1 aromatic heterocycles. The summed E-state index contributed by atoms with van der Waals surface area (Å²) in [5, 5.41) is 2.87. The number of nitrogens with zero attached hydrogens (tertiary/aromatic N) is 2. The van der Waals surface area contributed by atoms with E-state index in [1.807, 2.05) is 24.3 Å². The molecular weight excluding hydrogens is 326 g/mol. The van der Waals surface area contributed by atoms with Crippen LogP contribution in [-0.4, -0.2) is 35.7 Å². The van der Waals surface area contributed by atoms with Gasteiger partial charge in [0, 0.05) is 26.6 Å². The molecule has 0 radical (unpaired) electrons. The molecule has 1 N–H and O–H groups in total. The van der Waals surface area contributed by atoms with Gasteiger partial charge in [-0.25, -0.2) is 4.98 Å². The van der Waals surface area contributed by atoms with Gasteiger partial charge in [0.25, 0.3) is 0 Å². The molecule has 26 heavy (non-hydrogen) atoms. The predicted octanol–water partition coefficient (Wildman–Crippen LogP) is 2.97. The molecule has 0 atom stereocenters. The van der Waals surface area contributed by atoms with E-state index < -0.39 is 0 Å². The van der Waals surface area contributed by atoms with Crippen molar-refractivity contribution in [1.82, 2.24) is 14.9 Å². The second-order valence-electron chi connectivity index (χ2n) is 6.29. The van der Waals surface area contributed by atoms with Crippen LogP contribution in [0.25, 0.3) is 11.0 Å². The van der Waals surface area contributed by atoms with E-state index in [1.54, 1.807) is 0 Å². The number of para-hydroxylation sites is 2. The average Bonchev–Trinajstić information content (AvgIpc) is 3.01. The highest BCUT2D eigenvalue weighted by atomic mass is 16.5. The number of hydrogen-bond donors (Lipinski definition) is 1. The second kappa shape index (κ2) is 9.15. The highest BCUT2D eigenvalue weighted by Crippen LogP contribution is 2.17. The summed E-state index contributed by atoms with van der Waals surface area (Å²) in [6.07, 6.45) is 2.79. The molecule has 3 rings (SSSR count). The first-order valence-electron chi connectivity index (χ1n) is 9.01. The van der Waals surface area contributed by atoms with Crippen molar-refractivity contribution in [2.75, 3.05) is 20.3 Å². The lowest BCUT2D eigenvalue weighted by Gasteiger charge is -2.10. The molecule has 0 fully saturated rings. The minimum absolute atomic E-state index is 0.0908. The first-order chi connectivity index (χ1) is 12.8. The number of carbonyl (C=O) groups is 1. The zero-order chi connectivity index (χ0) is 18.2. The molecular formula is C21H25N3O2. The SMILES string of the molecule is COCC(=O)NCCc1nc2ccccc2n1CCCc1ccccc1. The summed E-state index contributed by atoms with van der Waals surface area (Å²) < 4.78 is 7.12. The minimum atomic E-state index is -0.0979. The van der Waals surface area contributed by atoms with Gasteiger partial charge in [0.05, 0.1) is 11.0 Å². The van der Waals surface area contributed by atoms with Crippen LogP contribution in [0.15, 0.2) is 54.6 Å². The smallest absolute Gasteiger partial charge is 0.245 e. The van der Waals surface area contributed by atoms with Gasteiger partial charge >= 0.3 is 0 Å². The molecule has 0 aliphatic carbocycles. The van der Waals surface area contributed by atoms with Crippen molar-refractivity contribution in [2.45, 2.75) is 25.8 Å². The van der Waals surface area contributed by atoms with Crippen molar-refractivity contribution in [3.05, 3.63) is 66.0 Å². The molecule has 0 saturated carbocycles. The number of carbonyl (C=O) groups excluding carboxylic acids is 1. The van der Waals surface area contributed by atoms with Crippen LogP contribution in [0.3, 0.4) is 0 Å². The quantitative estimate of drug-likeness (QED) is 0.645. The first kappa shape index (κ1) is 18.1. The third-order valence-electron chi connectivity index (χ3n) is 4.37. The van der Waals surface area contributed by atoms with Crippen LogP contribution in [0.1, 0.15) is 17.8 Å². The summed E-state index contributed by atoms with van der Waals surface area (Å²) >= 11 is 0. The predicted molar refractivity (Wildman–Crippen MR) is 103 cm³/mol. The number of rotatable bonds is 9. The van der Waals surface area contributed by atoms with Gasteiger partial charge in [-0.05, 0) is 30.5 Å². The van der Waals surface area contributed by atoms with Crippen molar-refractivity contribution < 1.29 is 9.53 Å². The molecule has 136 valence electrons. The summed E-state index contributed by atoms with van der Waals surface area (Å²) in [4.78, 5) is 16.3. The van der Waals surface area contributed by atoms with Crippen LogP contribution < -0.4 is 5.32 Å². The second-order valence-corrected chi connectivity index (χ2v) is 6.29. The van der Waals surface area contributed by atoms with E-state index in [2.05, 4.69) is 40.2 Å². The Balaban J connectivity index is 1.67. The van der Waals surface area contributed by atoms with Crippen molar-refractivity contribution >= 4 is 16.9 Å². The number of amides is 1. The van der Waals surface area contributed by atoms with Gasteiger partial charge in [-0.2, -0.15) is 0 Å². The number of benzene rings is 2. The standard InChI is InChI=1S/C21H25N3O2/c1-26-16-21(25)22-14-13-20-23-18-11-5-6-12-19(18)24(20)15-7-10-17-8-3-2-4-9-17/h2-6,8-9,11-12H,7,10,13-16H2,1H3,(H,22,25). The Morgan fingerprint density at radius 3 is 2.65 bits per heavy atom. The summed E-state index contributed by atoms with van der Waals surface area (Å²) in [5.41, 5.74) is 3.51. The van der Waals surface area contributed by atoms with Gasteiger partial charge in [0.1, 0.15) is 12.4 Å². The highest BCUT2D eigenvalue weighted by Gasteiger charge is 2.10. The molecule has 0 bridgehead atoms. The molecule has 2 aromatic carbocycles. The Morgan fingerprint density at radius 1 is 1.08 bits per heavy atom. The maximum Gasteiger partial charge on any atom is 0.245 e. The highest BCUT2D eigenvalue weighted by molar-refractivity contribution is 5.77. The van der Waals surface area contributed by atoms with Gasteiger partial charge in [0.2, 0.25) is 5.91 Å². The van der Waals surface area contributed by atoms with Crippen LogP contribution in [0.2, 0.25) is 0 Å². The Kier molecular flexibility index (Phi) is 6.39. The third kappa shape index (κ3) is 4.70. The van der Waals surface area contributed by atoms with Crippen molar-refractivity contribution in [2.24, 2.45) is 0 Å². The van der Waals surface area contributed by atoms with Gasteiger partial charge in [-0.15, -0.1) is 0 Å².